The van der Waals surface area contributed by atoms with Crippen molar-refractivity contribution < 1.29 is 23.5 Å². The van der Waals surface area contributed by atoms with E-state index in [0.29, 0.717) is 28.5 Å². The van der Waals surface area contributed by atoms with Gasteiger partial charge in [0, 0.05) is 17.8 Å². The fourth-order valence-corrected chi connectivity index (χ4v) is 4.45. The third-order valence-corrected chi connectivity index (χ3v) is 6.52. The van der Waals surface area contributed by atoms with Crippen LogP contribution in [0.5, 0.6) is 0 Å². The first-order valence-corrected chi connectivity index (χ1v) is 12.1. The number of carbonyl (C=O) groups excluding carboxylic acids is 2. The van der Waals surface area contributed by atoms with Crippen molar-refractivity contribution >= 4 is 52.0 Å². The van der Waals surface area contributed by atoms with Crippen molar-refractivity contribution in [1.29, 1.82) is 0 Å². The molecule has 1 aromatic carbocycles. The molecular formula is C24H27ClFN7O4. The number of anilines is 3. The number of hydrogen-bond acceptors (Lipinski definition) is 11. The summed E-state index contributed by atoms with van der Waals surface area (Å²) in [5, 5.41) is 6.46. The normalized spacial score (nSPS) is 17.4. The number of rotatable bonds is 9. The van der Waals surface area contributed by atoms with Crippen molar-refractivity contribution in [2.24, 2.45) is 0 Å². The smallest absolute Gasteiger partial charge is 0.319 e. The molecular weight excluding hydrogens is 505 g/mol. The van der Waals surface area contributed by atoms with Crippen LogP contribution in [0, 0.1) is 5.82 Å². The van der Waals surface area contributed by atoms with E-state index >= 15 is 0 Å². The molecule has 13 heteroatoms. The molecule has 1 fully saturated rings. The average molecular weight is 532 g/mol. The number of nitrogens with zero attached hydrogens (tertiary/aromatic N) is 5. The van der Waals surface area contributed by atoms with Gasteiger partial charge in [-0.25, -0.2) is 24.3 Å². The lowest BCUT2D eigenvalue weighted by atomic mass is 9.90. The molecule has 2 heterocycles. The van der Waals surface area contributed by atoms with Gasteiger partial charge in [0.25, 0.3) is 0 Å². The lowest BCUT2D eigenvalue weighted by molar-refractivity contribution is -0.147. The largest absolute Gasteiger partial charge is 0.468 e. The van der Waals surface area contributed by atoms with Crippen LogP contribution in [0.4, 0.5) is 21.8 Å². The van der Waals surface area contributed by atoms with Crippen LogP contribution in [0.15, 0.2) is 30.7 Å². The molecule has 0 aliphatic heterocycles. The van der Waals surface area contributed by atoms with Gasteiger partial charge in [0.05, 0.1) is 38.5 Å². The van der Waals surface area contributed by atoms with E-state index in [2.05, 4.69) is 30.6 Å². The molecule has 0 amide bonds. The van der Waals surface area contributed by atoms with Crippen LogP contribution in [0.2, 0.25) is 5.02 Å². The first-order chi connectivity index (χ1) is 17.9. The monoisotopic (exact) mass is 531 g/mol. The summed E-state index contributed by atoms with van der Waals surface area (Å²) in [5.74, 6) is -0.455. The summed E-state index contributed by atoms with van der Waals surface area (Å²) in [5.41, 5.74) is 1.60. The Kier molecular flexibility index (Phi) is 8.62. The molecule has 1 aliphatic carbocycles. The zero-order valence-corrected chi connectivity index (χ0v) is 21.2. The summed E-state index contributed by atoms with van der Waals surface area (Å²) >= 11 is 5.89. The molecule has 0 bridgehead atoms. The molecule has 196 valence electrons. The standard InChI is InChI=1S/C24H27ClFN7O4/c1-36-20(34)11-33(12-21(35)37-2)16-6-3-14(4-7-16)31-24-27-10-19-22(32-24)23(29-13-28-19)30-15-5-8-18(26)17(25)9-15/h5,8-10,13-14,16H,3-4,6-7,11-12H2,1-2H3,(H,27,31,32)(H,28,29,30)/t14-,16-. The van der Waals surface area contributed by atoms with E-state index in [-0.39, 0.29) is 30.2 Å². The zero-order chi connectivity index (χ0) is 26.4. The van der Waals surface area contributed by atoms with Gasteiger partial charge in [0.15, 0.2) is 5.82 Å². The van der Waals surface area contributed by atoms with Crippen LogP contribution in [-0.2, 0) is 19.1 Å². The van der Waals surface area contributed by atoms with Crippen molar-refractivity contribution in [1.82, 2.24) is 24.8 Å². The quantitative estimate of drug-likeness (QED) is 0.394. The molecule has 0 radical (unpaired) electrons. The van der Waals surface area contributed by atoms with Gasteiger partial charge in [-0.2, -0.15) is 0 Å². The highest BCUT2D eigenvalue weighted by Gasteiger charge is 2.29. The topological polar surface area (TPSA) is 131 Å². The van der Waals surface area contributed by atoms with Gasteiger partial charge >= 0.3 is 11.9 Å². The first kappa shape index (κ1) is 26.4. The predicted molar refractivity (Wildman–Crippen MR) is 135 cm³/mol. The van der Waals surface area contributed by atoms with Crippen LogP contribution in [-0.4, -0.2) is 76.2 Å². The Bertz CT molecular complexity index is 1260. The molecule has 2 N–H and O–H groups in total. The third kappa shape index (κ3) is 6.77. The number of nitrogens with one attached hydrogen (secondary N) is 2. The van der Waals surface area contributed by atoms with Crippen LogP contribution in [0.1, 0.15) is 25.7 Å². The Morgan fingerprint density at radius 3 is 2.43 bits per heavy atom. The molecule has 11 nitrogen and oxygen atoms in total. The number of fused-ring (bicyclic) bond motifs is 1. The van der Waals surface area contributed by atoms with Gasteiger partial charge < -0.3 is 20.1 Å². The maximum absolute atomic E-state index is 13.5. The van der Waals surface area contributed by atoms with E-state index in [1.165, 1.54) is 32.7 Å². The van der Waals surface area contributed by atoms with Crippen molar-refractivity contribution in [3.63, 3.8) is 0 Å². The summed E-state index contributed by atoms with van der Waals surface area (Å²) < 4.78 is 23.1. The minimum Gasteiger partial charge on any atom is -0.468 e. The highest BCUT2D eigenvalue weighted by Crippen LogP contribution is 2.27. The molecule has 4 rings (SSSR count). The fraction of sp³-hybridized carbons (Fsp3) is 0.417. The number of aromatic nitrogens is 4. The Morgan fingerprint density at radius 1 is 1.08 bits per heavy atom. The Hall–Kier alpha value is -3.64. The highest BCUT2D eigenvalue weighted by molar-refractivity contribution is 6.31. The molecule has 0 atom stereocenters. The second-order valence-corrected chi connectivity index (χ2v) is 9.02. The summed E-state index contributed by atoms with van der Waals surface area (Å²) in [6.07, 6.45) is 6.10. The number of hydrogen-bond donors (Lipinski definition) is 2. The van der Waals surface area contributed by atoms with E-state index < -0.39 is 17.8 Å². The molecule has 1 saturated carbocycles. The van der Waals surface area contributed by atoms with Crippen molar-refractivity contribution in [2.75, 3.05) is 37.9 Å². The van der Waals surface area contributed by atoms with Gasteiger partial charge in [-0.1, -0.05) is 11.6 Å². The van der Waals surface area contributed by atoms with Crippen molar-refractivity contribution in [3.05, 3.63) is 41.6 Å². The van der Waals surface area contributed by atoms with Crippen LogP contribution in [0.3, 0.4) is 0 Å². The average Bonchev–Trinajstić information content (AvgIpc) is 2.91. The Balaban J connectivity index is 1.43. The van der Waals surface area contributed by atoms with Gasteiger partial charge in [0.1, 0.15) is 23.2 Å². The molecule has 37 heavy (non-hydrogen) atoms. The molecule has 0 unspecified atom stereocenters. The number of methoxy groups -OCH3 is 2. The zero-order valence-electron chi connectivity index (χ0n) is 20.4. The van der Waals surface area contributed by atoms with E-state index in [1.807, 2.05) is 0 Å². The molecule has 2 aromatic heterocycles. The van der Waals surface area contributed by atoms with Crippen molar-refractivity contribution in [2.45, 2.75) is 37.8 Å². The summed E-state index contributed by atoms with van der Waals surface area (Å²) in [4.78, 5) is 43.0. The fourth-order valence-electron chi connectivity index (χ4n) is 4.27. The molecule has 0 saturated heterocycles. The summed E-state index contributed by atoms with van der Waals surface area (Å²) in [6, 6.07) is 4.43. The van der Waals surface area contributed by atoms with Crippen LogP contribution >= 0.6 is 11.6 Å². The number of esters is 2. The number of carbonyl (C=O) groups is 2. The minimum atomic E-state index is -0.512. The Morgan fingerprint density at radius 2 is 1.78 bits per heavy atom. The van der Waals surface area contributed by atoms with E-state index in [1.54, 1.807) is 17.2 Å². The third-order valence-electron chi connectivity index (χ3n) is 6.23. The second kappa shape index (κ2) is 12.1. The van der Waals surface area contributed by atoms with Gasteiger partial charge in [-0.3, -0.25) is 14.5 Å². The maximum Gasteiger partial charge on any atom is 0.319 e. The first-order valence-electron chi connectivity index (χ1n) is 11.7. The Labute approximate surface area is 217 Å². The predicted octanol–water partition coefficient (Wildman–Crippen LogP) is 3.33. The number of benzene rings is 1. The van der Waals surface area contributed by atoms with E-state index in [9.17, 15) is 14.0 Å². The van der Waals surface area contributed by atoms with Gasteiger partial charge in [-0.05, 0) is 43.9 Å². The lowest BCUT2D eigenvalue weighted by Crippen LogP contribution is -2.45. The molecule has 1 aliphatic rings. The maximum atomic E-state index is 13.5. The molecule has 3 aromatic rings. The van der Waals surface area contributed by atoms with Crippen LogP contribution < -0.4 is 10.6 Å². The molecule has 0 spiro atoms. The number of halogens is 2. The minimum absolute atomic E-state index is 0.00677. The van der Waals surface area contributed by atoms with Crippen LogP contribution in [0.25, 0.3) is 11.0 Å². The lowest BCUT2D eigenvalue weighted by Gasteiger charge is -2.35. The van der Waals surface area contributed by atoms with Crippen molar-refractivity contribution in [3.8, 4) is 0 Å². The summed E-state index contributed by atoms with van der Waals surface area (Å²) in [6.45, 7) is 0.0500. The van der Waals surface area contributed by atoms with Gasteiger partial charge in [-0.15, -0.1) is 0 Å². The van der Waals surface area contributed by atoms with Gasteiger partial charge in [0.2, 0.25) is 5.95 Å². The SMILES string of the molecule is COC(=O)CN(CC(=O)OC)[C@H]1CC[C@H](Nc2ncc3ncnc(Nc4ccc(F)c(Cl)c4)c3n2)CC1. The van der Waals surface area contributed by atoms with E-state index in [4.69, 9.17) is 21.1 Å². The number of ether oxygens (including phenoxy) is 2. The second-order valence-electron chi connectivity index (χ2n) is 8.61. The highest BCUT2D eigenvalue weighted by atomic mass is 35.5. The van der Waals surface area contributed by atoms with E-state index in [0.717, 1.165) is 25.7 Å². The summed E-state index contributed by atoms with van der Waals surface area (Å²) in [7, 11) is 2.65.